The van der Waals surface area contributed by atoms with Gasteiger partial charge in [0.15, 0.2) is 0 Å². The molecule has 0 aromatic carbocycles. The first-order valence-electron chi connectivity index (χ1n) is 1.17. The number of hydrogen-bond donors (Lipinski definition) is 1. The minimum atomic E-state index is 1.69. The van der Waals surface area contributed by atoms with E-state index in [4.69, 9.17) is 0 Å². The van der Waals surface area contributed by atoms with Crippen molar-refractivity contribution in [3.05, 3.63) is 0 Å². The van der Waals surface area contributed by atoms with Crippen LogP contribution in [0.4, 0.5) is 0 Å². The fourth-order valence-electron chi connectivity index (χ4n) is 0. The van der Waals surface area contributed by atoms with Crippen LogP contribution in [0.3, 0.4) is 0 Å². The van der Waals surface area contributed by atoms with Crippen LogP contribution < -0.4 is 0 Å². The van der Waals surface area contributed by atoms with Gasteiger partial charge in [0, 0.05) is 0 Å². The van der Waals surface area contributed by atoms with Crippen molar-refractivity contribution in [3.8, 4) is 0 Å². The fourth-order valence-corrected chi connectivity index (χ4v) is 0. The average Bonchev–Trinajstić information content (AvgIpc) is 1.37. The molecule has 0 aliphatic heterocycles. The van der Waals surface area contributed by atoms with Gasteiger partial charge in [0.1, 0.15) is 0 Å². The zero-order chi connectivity index (χ0) is 3.41. The maximum absolute atomic E-state index is 3.74. The van der Waals surface area contributed by atoms with Crippen LogP contribution in [-0.4, -0.2) is 12.2 Å². The summed E-state index contributed by atoms with van der Waals surface area (Å²) in [6, 6.07) is 0. The van der Waals surface area contributed by atoms with E-state index < -0.39 is 0 Å². The molecule has 0 spiro atoms. The molecule has 0 fully saturated rings. The molecule has 4 heavy (non-hydrogen) atoms. The summed E-state index contributed by atoms with van der Waals surface area (Å²) in [6.45, 7) is 1.92. The Morgan fingerprint density at radius 1 is 2.00 bits per heavy atom. The van der Waals surface area contributed by atoms with E-state index in [-0.39, 0.29) is 0 Å². The molecule has 2 heteroatoms. The normalized spacial score (nSPS) is 7.50. The predicted octanol–water partition coefficient (Wildman–Crippen LogP) is 0.357. The Morgan fingerprint density at radius 2 is 2.25 bits per heavy atom. The van der Waals surface area contributed by atoms with Crippen LogP contribution in [0.5, 0.6) is 0 Å². The van der Waals surface area contributed by atoms with E-state index in [1.165, 1.54) is 0 Å². The van der Waals surface area contributed by atoms with E-state index in [1.54, 1.807) is 6.20 Å². The van der Waals surface area contributed by atoms with E-state index in [0.29, 0.717) is 0 Å². The van der Waals surface area contributed by atoms with E-state index in [0.717, 1.165) is 0 Å². The van der Waals surface area contributed by atoms with Crippen LogP contribution >= 0.6 is 12.5 Å². The fraction of sp³-hybridized carbons (Fsp3) is 0.500. The van der Waals surface area contributed by atoms with Crippen LogP contribution in [0.25, 0.3) is 0 Å². The van der Waals surface area contributed by atoms with Gasteiger partial charge in [-0.2, -0.15) is 0 Å². The van der Waals surface area contributed by atoms with E-state index in [1.807, 2.05) is 12.9 Å². The molecule has 0 saturated heterocycles. The Kier molecular flexibility index (Phi) is 3.52. The van der Waals surface area contributed by atoms with Crippen LogP contribution in [0.2, 0.25) is 0 Å². The summed E-state index contributed by atoms with van der Waals surface area (Å²) in [4.78, 5) is 0. The van der Waals surface area contributed by atoms with E-state index in [9.17, 15) is 0 Å². The zero-order valence-electron chi connectivity index (χ0n) is 2.60. The third-order valence-corrected chi connectivity index (χ3v) is 0.447. The quantitative estimate of drug-likeness (QED) is 0.310. The van der Waals surface area contributed by atoms with Crippen molar-refractivity contribution in [2.75, 3.05) is 0 Å². The monoisotopic (exact) mass is 72.0 g/mol. The topological polar surface area (TPSA) is 0 Å². The molecule has 0 aliphatic rings. The molecular weight excluding hydrogens is 66.9 g/mol. The Labute approximate surface area is 32.4 Å². The first kappa shape index (κ1) is 4.28. The standard InChI is InChI=1S/C2H5BS/c1-2-3-4/h2,4H,1H3. The second-order valence-electron chi connectivity index (χ2n) is 0.482. The third kappa shape index (κ3) is 2.28. The molecule has 0 atom stereocenters. The van der Waals surface area contributed by atoms with Crippen LogP contribution in [-0.2, 0) is 0 Å². The second kappa shape index (κ2) is 3.28. The summed E-state index contributed by atoms with van der Waals surface area (Å²) in [6.07, 6.45) is 1.69. The van der Waals surface area contributed by atoms with Crippen molar-refractivity contribution in [3.63, 3.8) is 0 Å². The predicted molar refractivity (Wildman–Crippen MR) is 26.5 cm³/mol. The minimum absolute atomic E-state index is 1.69. The molecule has 0 bridgehead atoms. The van der Waals surface area contributed by atoms with Gasteiger partial charge in [0.25, 0.3) is 0 Å². The molecule has 0 aliphatic carbocycles. The van der Waals surface area contributed by atoms with Gasteiger partial charge in [-0.25, -0.2) is 0 Å². The SMILES string of the molecule is C/C=B/S. The summed E-state index contributed by atoms with van der Waals surface area (Å²) in [7, 11) is 0. The molecule has 0 heterocycles. The van der Waals surface area contributed by atoms with Crippen molar-refractivity contribution in [2.45, 2.75) is 6.92 Å². The summed E-state index contributed by atoms with van der Waals surface area (Å²) in [5.74, 6) is 1.86. The molecule has 0 saturated carbocycles. The molecule has 0 amide bonds. The first-order chi connectivity index (χ1) is 1.91. The molecule has 22 valence electrons. The number of rotatable bonds is 0. The molecule has 0 radical (unpaired) electrons. The van der Waals surface area contributed by atoms with Crippen molar-refractivity contribution in [2.24, 2.45) is 0 Å². The van der Waals surface area contributed by atoms with Gasteiger partial charge >= 0.3 is 31.6 Å². The Balaban J connectivity index is 2.55. The first-order valence-corrected chi connectivity index (χ1v) is 1.69. The molecule has 0 aromatic rings. The van der Waals surface area contributed by atoms with Crippen molar-refractivity contribution in [1.82, 2.24) is 0 Å². The van der Waals surface area contributed by atoms with Gasteiger partial charge in [-0.1, -0.05) is 0 Å². The van der Waals surface area contributed by atoms with Crippen molar-refractivity contribution >= 4 is 24.6 Å². The Bertz CT molecular complexity index is 21.2. The van der Waals surface area contributed by atoms with Crippen LogP contribution in [0.15, 0.2) is 0 Å². The molecular formula is C2H5BS. The van der Waals surface area contributed by atoms with Gasteiger partial charge in [-0.05, 0) is 0 Å². The zero-order valence-corrected chi connectivity index (χ0v) is 3.50. The summed E-state index contributed by atoms with van der Waals surface area (Å²) in [5.41, 5.74) is 0. The molecule has 0 N–H and O–H groups in total. The summed E-state index contributed by atoms with van der Waals surface area (Å²) in [5, 5.41) is 0. The maximum atomic E-state index is 3.74. The van der Waals surface area contributed by atoms with Crippen LogP contribution in [0.1, 0.15) is 6.92 Å². The number of thiol groups is 1. The third-order valence-electron chi connectivity index (χ3n) is 0.149. The van der Waals surface area contributed by atoms with Crippen molar-refractivity contribution in [1.29, 1.82) is 0 Å². The van der Waals surface area contributed by atoms with Gasteiger partial charge < -0.3 is 0 Å². The van der Waals surface area contributed by atoms with Gasteiger partial charge in [-0.15, -0.1) is 0 Å². The van der Waals surface area contributed by atoms with E-state index in [2.05, 4.69) is 12.5 Å². The van der Waals surface area contributed by atoms with Gasteiger partial charge in [-0.3, -0.25) is 0 Å². The Morgan fingerprint density at radius 3 is 2.25 bits per heavy atom. The Hall–Kier alpha value is 0.285. The summed E-state index contributed by atoms with van der Waals surface area (Å²) >= 11 is 3.74. The summed E-state index contributed by atoms with van der Waals surface area (Å²) < 4.78 is 0. The van der Waals surface area contributed by atoms with Crippen molar-refractivity contribution < 1.29 is 0 Å². The van der Waals surface area contributed by atoms with Gasteiger partial charge in [0.2, 0.25) is 0 Å². The molecule has 0 aromatic heterocycles. The second-order valence-corrected chi connectivity index (χ2v) is 0.781. The number of hydrogen-bond acceptors (Lipinski definition) is 1. The van der Waals surface area contributed by atoms with Gasteiger partial charge in [0.05, 0.1) is 0 Å². The molecule has 0 unspecified atom stereocenters. The van der Waals surface area contributed by atoms with E-state index >= 15 is 0 Å². The molecule has 0 nitrogen and oxygen atoms in total. The average molecular weight is 71.9 g/mol. The molecule has 0 rings (SSSR count). The van der Waals surface area contributed by atoms with Crippen LogP contribution in [0, 0.1) is 0 Å².